The Kier molecular flexibility index (Phi) is 1.92. The minimum atomic E-state index is -0.156. The Bertz CT molecular complexity index is 177. The van der Waals surface area contributed by atoms with Gasteiger partial charge >= 0.3 is 5.97 Å². The fraction of sp³-hybridized carbons (Fsp3) is 0.875. The highest BCUT2D eigenvalue weighted by Gasteiger charge is 2.55. The molecule has 0 amide bonds. The van der Waals surface area contributed by atoms with Crippen molar-refractivity contribution in [3.63, 3.8) is 0 Å². The lowest BCUT2D eigenvalue weighted by atomic mass is 10.1. The summed E-state index contributed by atoms with van der Waals surface area (Å²) in [4.78, 5) is 10.8. The van der Waals surface area contributed by atoms with Crippen LogP contribution in [-0.2, 0) is 9.53 Å². The number of carbonyl (C=O) groups excluding carboxylic acids is 1. The van der Waals surface area contributed by atoms with E-state index in [9.17, 15) is 4.79 Å². The van der Waals surface area contributed by atoms with E-state index in [1.54, 1.807) is 0 Å². The van der Waals surface area contributed by atoms with E-state index in [-0.39, 0.29) is 17.4 Å². The van der Waals surface area contributed by atoms with Crippen molar-refractivity contribution in [3.05, 3.63) is 0 Å². The molecule has 3 heteroatoms. The van der Waals surface area contributed by atoms with Crippen LogP contribution in [0.15, 0.2) is 0 Å². The first-order valence-electron chi connectivity index (χ1n) is 3.82. The third kappa shape index (κ3) is 1.38. The van der Waals surface area contributed by atoms with Crippen LogP contribution in [0.5, 0.6) is 0 Å². The summed E-state index contributed by atoms with van der Waals surface area (Å²) in [5, 5.41) is 0. The van der Waals surface area contributed by atoms with Gasteiger partial charge in [-0.05, 0) is 11.3 Å². The zero-order valence-electron chi connectivity index (χ0n) is 7.26. The van der Waals surface area contributed by atoms with E-state index in [0.717, 1.165) is 0 Å². The molecule has 0 saturated heterocycles. The van der Waals surface area contributed by atoms with Gasteiger partial charge in [0.25, 0.3) is 0 Å². The SMILES string of the molecule is COC(=O)C[C@@H]1[C@H](N)C1(C)C. The second-order valence-electron chi connectivity index (χ2n) is 3.73. The fourth-order valence-corrected chi connectivity index (χ4v) is 1.44. The molecule has 0 aromatic rings. The van der Waals surface area contributed by atoms with Crippen LogP contribution in [-0.4, -0.2) is 19.1 Å². The van der Waals surface area contributed by atoms with Crippen LogP contribution in [0.25, 0.3) is 0 Å². The maximum Gasteiger partial charge on any atom is 0.305 e. The minimum absolute atomic E-state index is 0.133. The van der Waals surface area contributed by atoms with Gasteiger partial charge in [-0.2, -0.15) is 0 Å². The van der Waals surface area contributed by atoms with Gasteiger partial charge in [0.15, 0.2) is 0 Å². The average molecular weight is 157 g/mol. The maximum absolute atomic E-state index is 10.8. The Labute approximate surface area is 66.9 Å². The van der Waals surface area contributed by atoms with Gasteiger partial charge in [-0.1, -0.05) is 13.8 Å². The van der Waals surface area contributed by atoms with Crippen LogP contribution in [0.3, 0.4) is 0 Å². The van der Waals surface area contributed by atoms with Gasteiger partial charge in [-0.25, -0.2) is 0 Å². The Morgan fingerprint density at radius 2 is 2.09 bits per heavy atom. The first-order valence-corrected chi connectivity index (χ1v) is 3.82. The molecule has 2 atom stereocenters. The van der Waals surface area contributed by atoms with Gasteiger partial charge in [0.05, 0.1) is 13.5 Å². The molecule has 0 aromatic heterocycles. The van der Waals surface area contributed by atoms with Crippen LogP contribution in [0.4, 0.5) is 0 Å². The molecular formula is C8H15NO2. The van der Waals surface area contributed by atoms with Crippen molar-refractivity contribution >= 4 is 5.97 Å². The number of ether oxygens (including phenoxy) is 1. The zero-order valence-corrected chi connectivity index (χ0v) is 7.26. The fourth-order valence-electron chi connectivity index (χ4n) is 1.44. The predicted molar refractivity (Wildman–Crippen MR) is 41.9 cm³/mol. The summed E-state index contributed by atoms with van der Waals surface area (Å²) in [7, 11) is 1.41. The molecule has 0 aliphatic heterocycles. The topological polar surface area (TPSA) is 52.3 Å². The first-order chi connectivity index (χ1) is 5.00. The molecule has 1 aliphatic carbocycles. The van der Waals surface area contributed by atoms with E-state index < -0.39 is 0 Å². The van der Waals surface area contributed by atoms with Gasteiger partial charge in [0.2, 0.25) is 0 Å². The molecule has 3 nitrogen and oxygen atoms in total. The van der Waals surface area contributed by atoms with Gasteiger partial charge in [0.1, 0.15) is 0 Å². The van der Waals surface area contributed by atoms with Crippen LogP contribution in [0.2, 0.25) is 0 Å². The van der Waals surface area contributed by atoms with Crippen LogP contribution < -0.4 is 5.73 Å². The number of esters is 1. The molecule has 0 heterocycles. The summed E-state index contributed by atoms with van der Waals surface area (Å²) in [5.74, 6) is 0.158. The third-order valence-electron chi connectivity index (χ3n) is 2.75. The molecule has 2 N–H and O–H groups in total. The Balaban J connectivity index is 2.38. The minimum Gasteiger partial charge on any atom is -0.469 e. The van der Waals surface area contributed by atoms with Crippen molar-refractivity contribution in [1.29, 1.82) is 0 Å². The largest absolute Gasteiger partial charge is 0.469 e. The highest BCUT2D eigenvalue weighted by molar-refractivity contribution is 5.70. The van der Waals surface area contributed by atoms with Gasteiger partial charge < -0.3 is 10.5 Å². The maximum atomic E-state index is 10.8. The van der Waals surface area contributed by atoms with Gasteiger partial charge in [-0.3, -0.25) is 4.79 Å². The van der Waals surface area contributed by atoms with Gasteiger partial charge in [0, 0.05) is 6.04 Å². The zero-order chi connectivity index (χ0) is 8.65. The number of hydrogen-bond acceptors (Lipinski definition) is 3. The molecule has 1 saturated carbocycles. The molecule has 11 heavy (non-hydrogen) atoms. The van der Waals surface area contributed by atoms with E-state index in [0.29, 0.717) is 12.3 Å². The Hall–Kier alpha value is -0.570. The van der Waals surface area contributed by atoms with E-state index in [1.807, 2.05) is 0 Å². The van der Waals surface area contributed by atoms with Crippen molar-refractivity contribution < 1.29 is 9.53 Å². The molecule has 0 spiro atoms. The summed E-state index contributed by atoms with van der Waals surface area (Å²) in [5.41, 5.74) is 5.87. The van der Waals surface area contributed by atoms with Crippen molar-refractivity contribution in [3.8, 4) is 0 Å². The van der Waals surface area contributed by atoms with E-state index in [4.69, 9.17) is 5.73 Å². The standard InChI is InChI=1S/C8H15NO2/c1-8(2)5(7(8)9)4-6(10)11-3/h5,7H,4,9H2,1-3H3/t5-,7+/m1/s1. The summed E-state index contributed by atoms with van der Waals surface area (Å²) < 4.78 is 4.55. The van der Waals surface area contributed by atoms with E-state index in [1.165, 1.54) is 7.11 Å². The lowest BCUT2D eigenvalue weighted by Gasteiger charge is -1.99. The number of methoxy groups -OCH3 is 1. The number of hydrogen-bond donors (Lipinski definition) is 1. The molecule has 1 aliphatic rings. The number of carbonyl (C=O) groups is 1. The highest BCUT2D eigenvalue weighted by atomic mass is 16.5. The number of nitrogens with two attached hydrogens (primary N) is 1. The Morgan fingerprint density at radius 3 is 2.36 bits per heavy atom. The van der Waals surface area contributed by atoms with Crippen molar-refractivity contribution in [2.75, 3.05) is 7.11 Å². The molecule has 0 aromatic carbocycles. The molecule has 0 bridgehead atoms. The van der Waals surface area contributed by atoms with Crippen molar-refractivity contribution in [2.45, 2.75) is 26.3 Å². The normalized spacial score (nSPS) is 33.1. The molecule has 64 valence electrons. The highest BCUT2D eigenvalue weighted by Crippen LogP contribution is 2.52. The molecule has 0 unspecified atom stereocenters. The van der Waals surface area contributed by atoms with Gasteiger partial charge in [-0.15, -0.1) is 0 Å². The summed E-state index contributed by atoms with van der Waals surface area (Å²) in [6.45, 7) is 4.15. The van der Waals surface area contributed by atoms with Crippen molar-refractivity contribution in [2.24, 2.45) is 17.1 Å². The summed E-state index contributed by atoms with van der Waals surface area (Å²) in [6, 6.07) is 0.168. The number of rotatable bonds is 2. The van der Waals surface area contributed by atoms with Crippen LogP contribution in [0, 0.1) is 11.3 Å². The predicted octanol–water partition coefficient (Wildman–Crippen LogP) is 0.533. The van der Waals surface area contributed by atoms with Crippen molar-refractivity contribution in [1.82, 2.24) is 0 Å². The van der Waals surface area contributed by atoms with E-state index >= 15 is 0 Å². The second kappa shape index (κ2) is 2.48. The Morgan fingerprint density at radius 1 is 1.64 bits per heavy atom. The van der Waals surface area contributed by atoms with Crippen LogP contribution >= 0.6 is 0 Å². The summed E-state index contributed by atoms with van der Waals surface area (Å²) in [6.07, 6.45) is 0.463. The molecular weight excluding hydrogens is 142 g/mol. The first kappa shape index (κ1) is 8.53. The van der Waals surface area contributed by atoms with Crippen LogP contribution in [0.1, 0.15) is 20.3 Å². The van der Waals surface area contributed by atoms with E-state index in [2.05, 4.69) is 18.6 Å². The monoisotopic (exact) mass is 157 g/mol. The lowest BCUT2D eigenvalue weighted by molar-refractivity contribution is -0.141. The average Bonchev–Trinajstić information content (AvgIpc) is 2.39. The molecule has 0 radical (unpaired) electrons. The lowest BCUT2D eigenvalue weighted by Crippen LogP contribution is -2.08. The second-order valence-corrected chi connectivity index (χ2v) is 3.73. The third-order valence-corrected chi connectivity index (χ3v) is 2.75. The quantitative estimate of drug-likeness (QED) is 0.595. The smallest absolute Gasteiger partial charge is 0.305 e. The molecule has 1 rings (SSSR count). The summed E-state index contributed by atoms with van der Waals surface area (Å²) >= 11 is 0. The molecule has 1 fully saturated rings.